The summed E-state index contributed by atoms with van der Waals surface area (Å²) in [5.41, 5.74) is 5.78. The van der Waals surface area contributed by atoms with E-state index in [-0.39, 0.29) is 0 Å². The first kappa shape index (κ1) is 16.2. The van der Waals surface area contributed by atoms with Crippen molar-refractivity contribution in [1.82, 2.24) is 14.3 Å². The molecule has 130 valence electrons. The summed E-state index contributed by atoms with van der Waals surface area (Å²) in [5, 5.41) is 3.16. The van der Waals surface area contributed by atoms with Gasteiger partial charge in [-0.3, -0.25) is 0 Å². The van der Waals surface area contributed by atoms with E-state index in [0.717, 1.165) is 30.3 Å². The van der Waals surface area contributed by atoms with Gasteiger partial charge in [0.2, 0.25) is 0 Å². The van der Waals surface area contributed by atoms with Crippen LogP contribution >= 0.6 is 0 Å². The second kappa shape index (κ2) is 6.89. The molecule has 2 aromatic heterocycles. The van der Waals surface area contributed by atoms with Crippen LogP contribution in [0.5, 0.6) is 0 Å². The zero-order chi connectivity index (χ0) is 17.2. The highest BCUT2D eigenvalue weighted by molar-refractivity contribution is 5.67. The van der Waals surface area contributed by atoms with E-state index in [2.05, 4.69) is 70.3 Å². The molecule has 4 heteroatoms. The minimum absolute atomic E-state index is 0.726. The Morgan fingerprint density at radius 3 is 2.60 bits per heavy atom. The number of pyridine rings is 1. The lowest BCUT2D eigenvalue weighted by Crippen LogP contribution is -2.29. The summed E-state index contributed by atoms with van der Waals surface area (Å²) < 4.78 is 2.16. The molecule has 0 radical (unpaired) electrons. The zero-order valence-electron chi connectivity index (χ0n) is 15.1. The fraction of sp³-hybridized carbons (Fsp3) is 0.381. The van der Waals surface area contributed by atoms with Crippen molar-refractivity contribution in [3.05, 3.63) is 54.5 Å². The summed E-state index contributed by atoms with van der Waals surface area (Å²) in [6.45, 7) is 4.69. The van der Waals surface area contributed by atoms with Gasteiger partial charge in [-0.05, 0) is 61.7 Å². The summed E-state index contributed by atoms with van der Waals surface area (Å²) in [6.07, 6.45) is 8.06. The standard InChI is InChI=1S/C21H26N4/c1-16-4-3-12-24(16)13-11-20-15-25-14-18(7-10-21(25)23-20)17-5-8-19(22-2)9-6-17/h5-10,14-16,22H,3-4,11-13H2,1-2H3/t16-/m1/s1. The van der Waals surface area contributed by atoms with Crippen molar-refractivity contribution >= 4 is 11.3 Å². The predicted molar refractivity (Wildman–Crippen MR) is 104 cm³/mol. The topological polar surface area (TPSA) is 32.6 Å². The Bertz CT molecular complexity index is 850. The molecule has 25 heavy (non-hydrogen) atoms. The van der Waals surface area contributed by atoms with Gasteiger partial charge in [0, 0.05) is 44.1 Å². The minimum Gasteiger partial charge on any atom is -0.388 e. The number of anilines is 1. The highest BCUT2D eigenvalue weighted by Gasteiger charge is 2.19. The first-order valence-electron chi connectivity index (χ1n) is 9.23. The van der Waals surface area contributed by atoms with Gasteiger partial charge in [0.05, 0.1) is 5.69 Å². The van der Waals surface area contributed by atoms with E-state index in [9.17, 15) is 0 Å². The van der Waals surface area contributed by atoms with E-state index in [1.807, 2.05) is 7.05 Å². The zero-order valence-corrected chi connectivity index (χ0v) is 15.1. The van der Waals surface area contributed by atoms with Crippen LogP contribution in [0.15, 0.2) is 48.8 Å². The Kier molecular flexibility index (Phi) is 4.45. The number of rotatable bonds is 5. The van der Waals surface area contributed by atoms with Crippen LogP contribution in [0.3, 0.4) is 0 Å². The third-order valence-corrected chi connectivity index (χ3v) is 5.35. The molecule has 4 nitrogen and oxygen atoms in total. The Morgan fingerprint density at radius 1 is 1.08 bits per heavy atom. The third kappa shape index (κ3) is 3.40. The van der Waals surface area contributed by atoms with Gasteiger partial charge in [-0.1, -0.05) is 12.1 Å². The van der Waals surface area contributed by atoms with Gasteiger partial charge in [0.1, 0.15) is 5.65 Å². The van der Waals surface area contributed by atoms with Crippen LogP contribution in [0, 0.1) is 0 Å². The van der Waals surface area contributed by atoms with E-state index in [1.54, 1.807) is 0 Å². The van der Waals surface area contributed by atoms with Crippen molar-refractivity contribution in [2.75, 3.05) is 25.5 Å². The Hall–Kier alpha value is -2.33. The fourth-order valence-corrected chi connectivity index (χ4v) is 3.75. The Labute approximate surface area is 149 Å². The number of hydrogen-bond acceptors (Lipinski definition) is 3. The van der Waals surface area contributed by atoms with E-state index in [1.165, 1.54) is 36.2 Å². The average molecular weight is 334 g/mol. The van der Waals surface area contributed by atoms with Crippen molar-refractivity contribution in [2.45, 2.75) is 32.2 Å². The monoisotopic (exact) mass is 334 g/mol. The maximum Gasteiger partial charge on any atom is 0.137 e. The van der Waals surface area contributed by atoms with Crippen molar-refractivity contribution in [3.8, 4) is 11.1 Å². The van der Waals surface area contributed by atoms with Crippen LogP contribution in [0.1, 0.15) is 25.5 Å². The first-order chi connectivity index (χ1) is 12.2. The maximum absolute atomic E-state index is 4.79. The molecule has 1 aromatic carbocycles. The third-order valence-electron chi connectivity index (χ3n) is 5.35. The maximum atomic E-state index is 4.79. The highest BCUT2D eigenvalue weighted by Crippen LogP contribution is 2.22. The van der Waals surface area contributed by atoms with E-state index in [0.29, 0.717) is 0 Å². The van der Waals surface area contributed by atoms with Gasteiger partial charge in [-0.25, -0.2) is 4.98 Å². The quantitative estimate of drug-likeness (QED) is 0.763. The molecule has 0 amide bonds. The molecule has 0 saturated carbocycles. The molecule has 0 aliphatic carbocycles. The summed E-state index contributed by atoms with van der Waals surface area (Å²) in [5.74, 6) is 0. The fourth-order valence-electron chi connectivity index (χ4n) is 3.75. The Balaban J connectivity index is 1.52. The van der Waals surface area contributed by atoms with Crippen LogP contribution < -0.4 is 5.32 Å². The van der Waals surface area contributed by atoms with E-state index in [4.69, 9.17) is 4.98 Å². The van der Waals surface area contributed by atoms with E-state index < -0.39 is 0 Å². The van der Waals surface area contributed by atoms with Crippen molar-refractivity contribution < 1.29 is 0 Å². The number of fused-ring (bicyclic) bond motifs is 1. The second-order valence-corrected chi connectivity index (χ2v) is 7.02. The summed E-state index contributed by atoms with van der Waals surface area (Å²) in [6, 6.07) is 13.5. The van der Waals surface area contributed by atoms with Crippen molar-refractivity contribution in [2.24, 2.45) is 0 Å². The predicted octanol–water partition coefficient (Wildman–Crippen LogP) is 4.07. The van der Waals surface area contributed by atoms with Crippen LogP contribution in [0.2, 0.25) is 0 Å². The number of hydrogen-bond donors (Lipinski definition) is 1. The largest absolute Gasteiger partial charge is 0.388 e. The van der Waals surface area contributed by atoms with Gasteiger partial charge in [-0.15, -0.1) is 0 Å². The van der Waals surface area contributed by atoms with Crippen LogP contribution in [0.4, 0.5) is 5.69 Å². The minimum atomic E-state index is 0.726. The lowest BCUT2D eigenvalue weighted by Gasteiger charge is -2.19. The molecular formula is C21H26N4. The molecule has 0 bridgehead atoms. The molecule has 1 aliphatic heterocycles. The van der Waals surface area contributed by atoms with Gasteiger partial charge in [-0.2, -0.15) is 0 Å². The molecule has 4 rings (SSSR count). The van der Waals surface area contributed by atoms with Crippen LogP contribution in [-0.2, 0) is 6.42 Å². The lowest BCUT2D eigenvalue weighted by molar-refractivity contribution is 0.271. The molecule has 1 saturated heterocycles. The van der Waals surface area contributed by atoms with Crippen LogP contribution in [-0.4, -0.2) is 40.5 Å². The molecule has 0 unspecified atom stereocenters. The first-order valence-corrected chi connectivity index (χ1v) is 9.23. The second-order valence-electron chi connectivity index (χ2n) is 7.02. The molecule has 1 aliphatic rings. The average Bonchev–Trinajstić information content (AvgIpc) is 3.24. The summed E-state index contributed by atoms with van der Waals surface area (Å²) >= 11 is 0. The molecule has 1 fully saturated rings. The molecule has 1 atom stereocenters. The number of benzene rings is 1. The molecule has 3 aromatic rings. The SMILES string of the molecule is CNc1ccc(-c2ccc3nc(CCN4CCC[C@H]4C)cn3c2)cc1. The Morgan fingerprint density at radius 2 is 1.88 bits per heavy atom. The van der Waals surface area contributed by atoms with Gasteiger partial charge < -0.3 is 14.6 Å². The number of likely N-dealkylation sites (tertiary alicyclic amines) is 1. The normalized spacial score (nSPS) is 18.1. The van der Waals surface area contributed by atoms with Crippen molar-refractivity contribution in [1.29, 1.82) is 0 Å². The van der Waals surface area contributed by atoms with Gasteiger partial charge in [0.25, 0.3) is 0 Å². The molecule has 1 N–H and O–H groups in total. The smallest absolute Gasteiger partial charge is 0.137 e. The van der Waals surface area contributed by atoms with Gasteiger partial charge >= 0.3 is 0 Å². The number of nitrogens with zero attached hydrogens (tertiary/aromatic N) is 3. The highest BCUT2D eigenvalue weighted by atomic mass is 15.2. The molecular weight excluding hydrogens is 308 g/mol. The molecule has 0 spiro atoms. The summed E-state index contributed by atoms with van der Waals surface area (Å²) in [7, 11) is 1.94. The van der Waals surface area contributed by atoms with E-state index >= 15 is 0 Å². The molecule has 3 heterocycles. The number of imidazole rings is 1. The summed E-state index contributed by atoms with van der Waals surface area (Å²) in [4.78, 5) is 7.37. The van der Waals surface area contributed by atoms with Gasteiger partial charge in [0.15, 0.2) is 0 Å². The van der Waals surface area contributed by atoms with Crippen LogP contribution in [0.25, 0.3) is 16.8 Å². The van der Waals surface area contributed by atoms with Crippen molar-refractivity contribution in [3.63, 3.8) is 0 Å². The lowest BCUT2D eigenvalue weighted by atomic mass is 10.1. The number of nitrogens with one attached hydrogen (secondary N) is 1. The number of aromatic nitrogens is 2.